The van der Waals surface area contributed by atoms with Crippen LogP contribution in [0.15, 0.2) is 29.6 Å². The number of carbonyl (C=O) groups excluding carboxylic acids is 1. The summed E-state index contributed by atoms with van der Waals surface area (Å²) in [6.07, 6.45) is 0. The molecule has 88 valence electrons. The highest BCUT2D eigenvalue weighted by Gasteiger charge is 2.21. The van der Waals surface area contributed by atoms with Gasteiger partial charge in [-0.25, -0.2) is 4.79 Å². The summed E-state index contributed by atoms with van der Waals surface area (Å²) in [5, 5.41) is 13.8. The first kappa shape index (κ1) is 11.6. The number of hydrogen-bond donors (Lipinski definition) is 3. The molecule has 0 saturated carbocycles. The van der Waals surface area contributed by atoms with Crippen LogP contribution in [0.5, 0.6) is 0 Å². The summed E-state index contributed by atoms with van der Waals surface area (Å²) in [6, 6.07) is 5.98. The normalized spacial score (nSPS) is 12.3. The maximum Gasteiger partial charge on any atom is 0.330 e. The van der Waals surface area contributed by atoms with Gasteiger partial charge < -0.3 is 16.2 Å². The number of nitrogens with two attached hydrogens (primary N) is 1. The molecule has 17 heavy (non-hydrogen) atoms. The van der Waals surface area contributed by atoms with E-state index in [1.54, 1.807) is 5.38 Å². The smallest absolute Gasteiger partial charge is 0.330 e. The Balaban J connectivity index is 2.24. The quantitative estimate of drug-likeness (QED) is 0.715. The standard InChI is InChI=1S/C11H10N2O3S/c12-9(11(15)16)10(14)13-7-5-17-8-4-2-1-3-6(7)8/h1-5,9H,12H2,(H,13,14)(H,15,16). The Morgan fingerprint density at radius 2 is 2.06 bits per heavy atom. The maximum atomic E-state index is 11.5. The molecule has 2 aromatic rings. The van der Waals surface area contributed by atoms with Gasteiger partial charge in [0.15, 0.2) is 6.04 Å². The molecule has 0 aliphatic rings. The number of amides is 1. The second-order valence-corrected chi connectivity index (χ2v) is 4.36. The third-order valence-electron chi connectivity index (χ3n) is 2.29. The number of carbonyl (C=O) groups is 2. The molecule has 4 N–H and O–H groups in total. The van der Waals surface area contributed by atoms with Crippen molar-refractivity contribution in [3.63, 3.8) is 0 Å². The minimum atomic E-state index is -1.55. The maximum absolute atomic E-state index is 11.5. The highest BCUT2D eigenvalue weighted by Crippen LogP contribution is 2.29. The summed E-state index contributed by atoms with van der Waals surface area (Å²) in [5.74, 6) is -2.07. The summed E-state index contributed by atoms with van der Waals surface area (Å²) < 4.78 is 1.02. The van der Waals surface area contributed by atoms with Crippen LogP contribution in [0.25, 0.3) is 10.1 Å². The summed E-state index contributed by atoms with van der Waals surface area (Å²) >= 11 is 1.47. The fourth-order valence-corrected chi connectivity index (χ4v) is 2.29. The SMILES string of the molecule is NC(C(=O)O)C(=O)Nc1csc2ccccc12. The van der Waals surface area contributed by atoms with E-state index in [9.17, 15) is 9.59 Å². The summed E-state index contributed by atoms with van der Waals surface area (Å²) in [5.41, 5.74) is 5.80. The van der Waals surface area contributed by atoms with Gasteiger partial charge in [-0.2, -0.15) is 0 Å². The molecule has 1 heterocycles. The van der Waals surface area contributed by atoms with E-state index < -0.39 is 17.9 Å². The number of fused-ring (bicyclic) bond motifs is 1. The van der Waals surface area contributed by atoms with Gasteiger partial charge in [0.1, 0.15) is 0 Å². The molecule has 6 heteroatoms. The lowest BCUT2D eigenvalue weighted by molar-refractivity contribution is -0.141. The van der Waals surface area contributed by atoms with E-state index in [0.717, 1.165) is 10.1 Å². The zero-order valence-corrected chi connectivity index (χ0v) is 9.53. The van der Waals surface area contributed by atoms with Crippen LogP contribution in [-0.2, 0) is 9.59 Å². The van der Waals surface area contributed by atoms with Gasteiger partial charge in [-0.1, -0.05) is 18.2 Å². The molecule has 5 nitrogen and oxygen atoms in total. The van der Waals surface area contributed by atoms with Crippen molar-refractivity contribution in [1.29, 1.82) is 0 Å². The molecular weight excluding hydrogens is 240 g/mol. The largest absolute Gasteiger partial charge is 0.480 e. The zero-order chi connectivity index (χ0) is 12.4. The first-order valence-corrected chi connectivity index (χ1v) is 5.73. The molecule has 1 aromatic heterocycles. The van der Waals surface area contributed by atoms with Crippen molar-refractivity contribution in [3.8, 4) is 0 Å². The van der Waals surface area contributed by atoms with Crippen LogP contribution in [0, 0.1) is 0 Å². The van der Waals surface area contributed by atoms with Gasteiger partial charge in [0.25, 0.3) is 5.91 Å². The average molecular weight is 250 g/mol. The predicted octanol–water partition coefficient (Wildman–Crippen LogP) is 1.25. The van der Waals surface area contributed by atoms with Crippen LogP contribution in [0.4, 0.5) is 5.69 Å². The summed E-state index contributed by atoms with van der Waals surface area (Å²) in [6.45, 7) is 0. The third-order valence-corrected chi connectivity index (χ3v) is 3.25. The van der Waals surface area contributed by atoms with Crippen molar-refractivity contribution in [2.45, 2.75) is 6.04 Å². The number of carboxylic acid groups (broad SMARTS) is 1. The molecule has 0 spiro atoms. The molecule has 0 aliphatic carbocycles. The molecule has 0 radical (unpaired) electrons. The predicted molar refractivity (Wildman–Crippen MR) is 66.1 cm³/mol. The molecule has 0 bridgehead atoms. The van der Waals surface area contributed by atoms with Gasteiger partial charge in [0.05, 0.1) is 5.69 Å². The van der Waals surface area contributed by atoms with E-state index in [2.05, 4.69) is 5.32 Å². The molecule has 1 amide bonds. The second kappa shape index (κ2) is 4.52. The first-order chi connectivity index (χ1) is 8.09. The number of nitrogens with one attached hydrogen (secondary N) is 1. The Kier molecular flexibility index (Phi) is 3.08. The topological polar surface area (TPSA) is 92.4 Å². The highest BCUT2D eigenvalue weighted by atomic mass is 32.1. The van der Waals surface area contributed by atoms with E-state index >= 15 is 0 Å². The van der Waals surface area contributed by atoms with Crippen molar-refractivity contribution < 1.29 is 14.7 Å². The Morgan fingerprint density at radius 1 is 1.35 bits per heavy atom. The van der Waals surface area contributed by atoms with E-state index in [4.69, 9.17) is 10.8 Å². The van der Waals surface area contributed by atoms with Crippen molar-refractivity contribution in [3.05, 3.63) is 29.6 Å². The highest BCUT2D eigenvalue weighted by molar-refractivity contribution is 7.17. The van der Waals surface area contributed by atoms with E-state index in [1.165, 1.54) is 11.3 Å². The minimum Gasteiger partial charge on any atom is -0.480 e. The lowest BCUT2D eigenvalue weighted by atomic mass is 10.2. The number of aliphatic carboxylic acids is 1. The van der Waals surface area contributed by atoms with Crippen LogP contribution >= 0.6 is 11.3 Å². The van der Waals surface area contributed by atoms with Crippen molar-refractivity contribution >= 4 is 39.0 Å². The first-order valence-electron chi connectivity index (χ1n) is 4.85. The van der Waals surface area contributed by atoms with Crippen LogP contribution in [-0.4, -0.2) is 23.0 Å². The van der Waals surface area contributed by atoms with Gasteiger partial charge in [0, 0.05) is 15.5 Å². The monoisotopic (exact) mass is 250 g/mol. The molecule has 1 unspecified atom stereocenters. The van der Waals surface area contributed by atoms with Crippen molar-refractivity contribution in [2.24, 2.45) is 5.73 Å². The van der Waals surface area contributed by atoms with E-state index in [0.29, 0.717) is 5.69 Å². The second-order valence-electron chi connectivity index (χ2n) is 3.45. The summed E-state index contributed by atoms with van der Waals surface area (Å²) in [7, 11) is 0. The van der Waals surface area contributed by atoms with Gasteiger partial charge >= 0.3 is 5.97 Å². The fourth-order valence-electron chi connectivity index (χ4n) is 1.40. The fraction of sp³-hybridized carbons (Fsp3) is 0.0909. The minimum absolute atomic E-state index is 0.590. The molecule has 2 rings (SSSR count). The third kappa shape index (κ3) is 2.27. The van der Waals surface area contributed by atoms with Gasteiger partial charge in [0.2, 0.25) is 0 Å². The summed E-state index contributed by atoms with van der Waals surface area (Å²) in [4.78, 5) is 22.0. The molecule has 1 atom stereocenters. The zero-order valence-electron chi connectivity index (χ0n) is 8.71. The van der Waals surface area contributed by atoms with E-state index in [-0.39, 0.29) is 0 Å². The number of hydrogen-bond acceptors (Lipinski definition) is 4. The average Bonchev–Trinajstić information content (AvgIpc) is 2.71. The number of carboxylic acids is 1. The van der Waals surface area contributed by atoms with Crippen LogP contribution in [0.1, 0.15) is 0 Å². The van der Waals surface area contributed by atoms with Crippen LogP contribution in [0.2, 0.25) is 0 Å². The number of thiophene rings is 1. The number of anilines is 1. The van der Waals surface area contributed by atoms with Gasteiger partial charge in [-0.15, -0.1) is 11.3 Å². The van der Waals surface area contributed by atoms with E-state index in [1.807, 2.05) is 24.3 Å². The molecular formula is C11H10N2O3S. The molecule has 0 fully saturated rings. The van der Waals surface area contributed by atoms with Crippen molar-refractivity contribution in [1.82, 2.24) is 0 Å². The van der Waals surface area contributed by atoms with Crippen molar-refractivity contribution in [2.75, 3.05) is 5.32 Å². The molecule has 0 aliphatic heterocycles. The van der Waals surface area contributed by atoms with Crippen LogP contribution < -0.4 is 11.1 Å². The lowest BCUT2D eigenvalue weighted by Crippen LogP contribution is -2.42. The molecule has 0 saturated heterocycles. The Labute approximate surface area is 101 Å². The number of rotatable bonds is 3. The Bertz CT molecular complexity index is 579. The Hall–Kier alpha value is -1.92. The van der Waals surface area contributed by atoms with Gasteiger partial charge in [-0.05, 0) is 6.07 Å². The lowest BCUT2D eigenvalue weighted by Gasteiger charge is -2.07. The van der Waals surface area contributed by atoms with Gasteiger partial charge in [-0.3, -0.25) is 4.79 Å². The number of benzene rings is 1. The Morgan fingerprint density at radius 3 is 2.76 bits per heavy atom. The molecule has 1 aromatic carbocycles. The van der Waals surface area contributed by atoms with Crippen LogP contribution in [0.3, 0.4) is 0 Å².